The number of thiazole rings is 1. The number of carbonyl (C=O) groups is 1. The number of hydrogen-bond donors (Lipinski definition) is 1. The Bertz CT molecular complexity index is 1050. The number of benzene rings is 3. The molecule has 0 aliphatic rings. The van der Waals surface area contributed by atoms with E-state index in [1.165, 1.54) is 11.3 Å². The minimum absolute atomic E-state index is 0.308. The number of carbonyl (C=O) groups excluding carboxylic acids is 1. The molecule has 0 radical (unpaired) electrons. The Labute approximate surface area is 176 Å². The molecular weight excluding hydrogens is 411 g/mol. The fourth-order valence-electron chi connectivity index (χ4n) is 2.80. The van der Waals surface area contributed by atoms with Gasteiger partial charge in [0.2, 0.25) is 0 Å². The summed E-state index contributed by atoms with van der Waals surface area (Å²) in [5.74, 6) is -0.308. The lowest BCUT2D eigenvalue weighted by Gasteiger charge is -2.03. The van der Waals surface area contributed by atoms with Crippen molar-refractivity contribution < 1.29 is 4.79 Å². The lowest BCUT2D eigenvalue weighted by molar-refractivity contribution is 0.102. The van der Waals surface area contributed by atoms with Gasteiger partial charge in [-0.15, -0.1) is 0 Å². The predicted molar refractivity (Wildman–Crippen MR) is 117 cm³/mol. The van der Waals surface area contributed by atoms with Crippen LogP contribution in [0.3, 0.4) is 0 Å². The molecule has 1 N–H and O–H groups in total. The van der Waals surface area contributed by atoms with Gasteiger partial charge in [-0.25, -0.2) is 4.98 Å². The zero-order valence-electron chi connectivity index (χ0n) is 14.5. The fourth-order valence-corrected chi connectivity index (χ4v) is 4.32. The van der Waals surface area contributed by atoms with E-state index in [4.69, 9.17) is 23.2 Å². The maximum atomic E-state index is 12.7. The zero-order valence-corrected chi connectivity index (χ0v) is 16.9. The molecule has 0 atom stereocenters. The van der Waals surface area contributed by atoms with E-state index >= 15 is 0 Å². The van der Waals surface area contributed by atoms with Crippen LogP contribution in [0.25, 0.3) is 21.7 Å². The van der Waals surface area contributed by atoms with Gasteiger partial charge in [-0.05, 0) is 23.8 Å². The van der Waals surface area contributed by atoms with Crippen molar-refractivity contribution in [2.75, 3.05) is 5.32 Å². The van der Waals surface area contributed by atoms with Crippen molar-refractivity contribution in [3.8, 4) is 21.7 Å². The van der Waals surface area contributed by atoms with Gasteiger partial charge in [0, 0.05) is 21.2 Å². The highest BCUT2D eigenvalue weighted by Gasteiger charge is 2.17. The molecule has 0 saturated carbocycles. The number of nitrogens with one attached hydrogen (secondary N) is 1. The quantitative estimate of drug-likeness (QED) is 0.381. The Morgan fingerprint density at radius 3 is 2.00 bits per heavy atom. The minimum Gasteiger partial charge on any atom is -0.298 e. The molecule has 0 unspecified atom stereocenters. The van der Waals surface area contributed by atoms with E-state index in [0.29, 0.717) is 20.7 Å². The summed E-state index contributed by atoms with van der Waals surface area (Å²) in [6.45, 7) is 0. The van der Waals surface area contributed by atoms with Crippen LogP contribution in [0.5, 0.6) is 0 Å². The Hall–Kier alpha value is -2.66. The van der Waals surface area contributed by atoms with Crippen LogP contribution in [0.2, 0.25) is 10.0 Å². The van der Waals surface area contributed by atoms with E-state index in [2.05, 4.69) is 10.3 Å². The van der Waals surface area contributed by atoms with Gasteiger partial charge >= 0.3 is 0 Å². The summed E-state index contributed by atoms with van der Waals surface area (Å²) in [5, 5.41) is 4.19. The molecule has 0 fully saturated rings. The highest BCUT2D eigenvalue weighted by atomic mass is 35.5. The maximum absolute atomic E-state index is 12.7. The van der Waals surface area contributed by atoms with E-state index in [0.717, 1.165) is 21.7 Å². The molecule has 0 saturated heterocycles. The topological polar surface area (TPSA) is 42.0 Å². The van der Waals surface area contributed by atoms with Gasteiger partial charge < -0.3 is 0 Å². The molecule has 1 amide bonds. The number of rotatable bonds is 4. The van der Waals surface area contributed by atoms with Crippen molar-refractivity contribution in [3.63, 3.8) is 0 Å². The van der Waals surface area contributed by atoms with Gasteiger partial charge in [-0.2, -0.15) is 0 Å². The first-order valence-electron chi connectivity index (χ1n) is 8.49. The van der Waals surface area contributed by atoms with Crippen molar-refractivity contribution in [2.45, 2.75) is 0 Å². The maximum Gasteiger partial charge on any atom is 0.257 e. The Morgan fingerprint density at radius 2 is 1.39 bits per heavy atom. The Balaban J connectivity index is 1.72. The number of amides is 1. The first-order valence-corrected chi connectivity index (χ1v) is 10.1. The minimum atomic E-state index is -0.308. The van der Waals surface area contributed by atoms with E-state index in [1.54, 1.807) is 18.2 Å². The summed E-state index contributed by atoms with van der Waals surface area (Å²) in [7, 11) is 0. The summed E-state index contributed by atoms with van der Waals surface area (Å²) in [6.07, 6.45) is 0. The normalized spacial score (nSPS) is 10.6. The van der Waals surface area contributed by atoms with Crippen LogP contribution in [0, 0.1) is 0 Å². The van der Waals surface area contributed by atoms with Crippen molar-refractivity contribution in [2.24, 2.45) is 0 Å². The van der Waals surface area contributed by atoms with Crippen molar-refractivity contribution in [1.29, 1.82) is 0 Å². The summed E-state index contributed by atoms with van der Waals surface area (Å²) in [5.41, 5.74) is 3.25. The lowest BCUT2D eigenvalue weighted by atomic mass is 10.1. The van der Waals surface area contributed by atoms with Gasteiger partial charge in [-0.3, -0.25) is 10.1 Å². The van der Waals surface area contributed by atoms with Crippen molar-refractivity contribution >= 4 is 45.6 Å². The predicted octanol–water partition coefficient (Wildman–Crippen LogP) is 7.04. The third-order valence-corrected chi connectivity index (χ3v) is 5.51. The van der Waals surface area contributed by atoms with Crippen LogP contribution in [0.4, 0.5) is 5.13 Å². The van der Waals surface area contributed by atoms with E-state index in [9.17, 15) is 4.79 Å². The summed E-state index contributed by atoms with van der Waals surface area (Å²) in [4.78, 5) is 18.3. The fraction of sp³-hybridized carbons (Fsp3) is 0. The third kappa shape index (κ3) is 4.09. The molecule has 4 aromatic rings. The van der Waals surface area contributed by atoms with Gasteiger partial charge in [0.25, 0.3) is 5.91 Å². The largest absolute Gasteiger partial charge is 0.298 e. The second-order valence-corrected chi connectivity index (χ2v) is 7.91. The van der Waals surface area contributed by atoms with Crippen LogP contribution in [-0.2, 0) is 0 Å². The molecule has 138 valence electrons. The van der Waals surface area contributed by atoms with Crippen LogP contribution in [-0.4, -0.2) is 10.9 Å². The van der Waals surface area contributed by atoms with Crippen LogP contribution < -0.4 is 5.32 Å². The van der Waals surface area contributed by atoms with Crippen LogP contribution in [0.15, 0.2) is 78.9 Å². The molecule has 6 heteroatoms. The molecule has 3 nitrogen and oxygen atoms in total. The van der Waals surface area contributed by atoms with Crippen molar-refractivity contribution in [1.82, 2.24) is 4.98 Å². The third-order valence-electron chi connectivity index (χ3n) is 4.06. The van der Waals surface area contributed by atoms with Crippen molar-refractivity contribution in [3.05, 3.63) is 94.5 Å². The van der Waals surface area contributed by atoms with Crippen LogP contribution in [0.1, 0.15) is 10.4 Å². The second kappa shape index (κ2) is 8.15. The molecule has 0 aliphatic heterocycles. The molecule has 1 heterocycles. The van der Waals surface area contributed by atoms with Gasteiger partial charge in [0.15, 0.2) is 5.13 Å². The van der Waals surface area contributed by atoms with Gasteiger partial charge in [0.1, 0.15) is 0 Å². The molecule has 28 heavy (non-hydrogen) atoms. The monoisotopic (exact) mass is 424 g/mol. The molecule has 3 aromatic carbocycles. The van der Waals surface area contributed by atoms with Gasteiger partial charge in [-0.1, -0.05) is 95.2 Å². The zero-order chi connectivity index (χ0) is 19.5. The highest BCUT2D eigenvalue weighted by Crippen LogP contribution is 2.39. The average molecular weight is 425 g/mol. The number of halogens is 2. The lowest BCUT2D eigenvalue weighted by Crippen LogP contribution is -2.11. The second-order valence-electron chi connectivity index (χ2n) is 6.04. The first-order chi connectivity index (χ1) is 13.6. The number of hydrogen-bond acceptors (Lipinski definition) is 3. The van der Waals surface area contributed by atoms with E-state index < -0.39 is 0 Å². The highest BCUT2D eigenvalue weighted by molar-refractivity contribution is 7.19. The molecule has 0 aliphatic carbocycles. The SMILES string of the molecule is O=C(Nc1nc(-c2ccccc2)c(-c2ccccc2)s1)c1cc(Cl)cc(Cl)c1. The Kier molecular flexibility index (Phi) is 5.44. The molecule has 0 bridgehead atoms. The molecule has 4 rings (SSSR count). The molecule has 1 aromatic heterocycles. The summed E-state index contributed by atoms with van der Waals surface area (Å²) in [6, 6.07) is 24.6. The van der Waals surface area contributed by atoms with E-state index in [-0.39, 0.29) is 5.91 Å². The molecular formula is C22H14Cl2N2OS. The van der Waals surface area contributed by atoms with Crippen LogP contribution >= 0.6 is 34.5 Å². The first kappa shape index (κ1) is 18.7. The standard InChI is InChI=1S/C22H14Cl2N2OS/c23-17-11-16(12-18(24)13-17)21(27)26-22-25-19(14-7-3-1-4-8-14)20(28-22)15-9-5-2-6-10-15/h1-13H,(H,25,26,27). The summed E-state index contributed by atoms with van der Waals surface area (Å²) < 4.78 is 0. The number of anilines is 1. The number of aromatic nitrogens is 1. The molecule has 0 spiro atoms. The summed E-state index contributed by atoms with van der Waals surface area (Å²) >= 11 is 13.4. The Morgan fingerprint density at radius 1 is 0.821 bits per heavy atom. The van der Waals surface area contributed by atoms with E-state index in [1.807, 2.05) is 60.7 Å². The average Bonchev–Trinajstić information content (AvgIpc) is 3.12. The smallest absolute Gasteiger partial charge is 0.257 e. The number of nitrogens with zero attached hydrogens (tertiary/aromatic N) is 1. The van der Waals surface area contributed by atoms with Gasteiger partial charge in [0.05, 0.1) is 10.6 Å².